The standard InChI is InChI=1S/C10H14O.40CH2O/c1-2-3-6-9-7-4-5-8-10(9)11;40*1-2/h4-5,7-8,11H,2-3,6H2,1H3;40*1H2. The Bertz CT molecular complexity index is 641. The molecule has 1 N–H and O–H groups in total. The van der Waals surface area contributed by atoms with E-state index in [1.807, 2.05) is 290 Å². The zero-order chi connectivity index (χ0) is 88.1. The van der Waals surface area contributed by atoms with E-state index >= 15 is 0 Å². The van der Waals surface area contributed by atoms with Gasteiger partial charge in [0.2, 0.25) is 0 Å². The fraction of sp³-hybridized carbons (Fsp3) is 0.0800. The number of benzene rings is 1. The third-order valence-electron chi connectivity index (χ3n) is 1.79. The minimum absolute atomic E-state index is 0.431. The van der Waals surface area contributed by atoms with Crippen molar-refractivity contribution in [2.24, 2.45) is 0 Å². The first kappa shape index (κ1) is 326. The van der Waals surface area contributed by atoms with Gasteiger partial charge in [-0.15, -0.1) is 0 Å². The van der Waals surface area contributed by atoms with Gasteiger partial charge in [0.15, 0.2) is 0 Å². The first-order chi connectivity index (χ1) is 45.3. The Morgan fingerprint density at radius 3 is 0.352 bits per heavy atom. The molecule has 0 aliphatic heterocycles. The highest BCUT2D eigenvalue weighted by Gasteiger charge is 1.96. The maximum Gasteiger partial charge on any atom is 0.118 e. The number of para-hydroxylation sites is 1. The van der Waals surface area contributed by atoms with Gasteiger partial charge < -0.3 is 197 Å². The number of hydrogen-bond donors (Lipinski definition) is 1. The van der Waals surface area contributed by atoms with Crippen LogP contribution >= 0.6 is 0 Å². The fourth-order valence-corrected chi connectivity index (χ4v) is 1.09. The van der Waals surface area contributed by atoms with E-state index in [0.29, 0.717) is 5.75 Å². The number of aryl methyl sites for hydroxylation is 1. The van der Waals surface area contributed by atoms with E-state index in [9.17, 15) is 5.11 Å². The average Bonchev–Trinajstić information content (AvgIpc) is 3.78. The molecule has 1 aromatic carbocycles. The van der Waals surface area contributed by atoms with E-state index in [0.717, 1.165) is 18.4 Å². The number of phenolic OH excluding ortho intramolecular Hbond substituents is 1. The van der Waals surface area contributed by atoms with Crippen LogP contribution in [-0.4, -0.2) is 277 Å². The second-order valence-electron chi connectivity index (χ2n) is 2.73. The zero-order valence-electron chi connectivity index (χ0n) is 51.5. The first-order valence-electron chi connectivity index (χ1n) is 15.7. The number of hydrogen-bond acceptors (Lipinski definition) is 41. The van der Waals surface area contributed by atoms with Gasteiger partial charge in [-0.25, -0.2) is 0 Å². The summed E-state index contributed by atoms with van der Waals surface area (Å²) in [4.78, 5) is 320. The van der Waals surface area contributed by atoms with Crippen LogP contribution in [0.25, 0.3) is 0 Å². The van der Waals surface area contributed by atoms with Crippen molar-refractivity contribution in [3.63, 3.8) is 0 Å². The summed E-state index contributed by atoms with van der Waals surface area (Å²) in [5.41, 5.74) is 1.06. The van der Waals surface area contributed by atoms with Crippen LogP contribution in [0.4, 0.5) is 0 Å². The number of aromatic hydroxyl groups is 1. The first-order valence-corrected chi connectivity index (χ1v) is 15.7. The Labute approximate surface area is 529 Å². The topological polar surface area (TPSA) is 703 Å². The normalized spacial score (nSPS) is 2.96. The highest BCUT2D eigenvalue weighted by Crippen LogP contribution is 2.17. The van der Waals surface area contributed by atoms with Crippen molar-refractivity contribution >= 4 is 272 Å². The minimum atomic E-state index is 0.431. The maximum absolute atomic E-state index is 9.34. The summed E-state index contributed by atoms with van der Waals surface area (Å²) in [6.45, 7) is 82.2. The Hall–Kier alpha value is -14.2. The lowest BCUT2D eigenvalue weighted by molar-refractivity contribution is -0.0987. The molecule has 0 saturated carbocycles. The lowest BCUT2D eigenvalue weighted by atomic mass is 10.1. The molecule has 0 bridgehead atoms. The molecule has 0 heterocycles. The van der Waals surface area contributed by atoms with E-state index in [-0.39, 0.29) is 0 Å². The highest BCUT2D eigenvalue weighted by molar-refractivity contribution is 5.31. The van der Waals surface area contributed by atoms with Crippen LogP contribution < -0.4 is 0 Å². The molecule has 0 saturated heterocycles. The summed E-state index contributed by atoms with van der Waals surface area (Å²) < 4.78 is 0. The summed E-state index contributed by atoms with van der Waals surface area (Å²) in [6.07, 6.45) is 3.31. The molecular formula is C50H94O41. The molecule has 91 heavy (non-hydrogen) atoms. The van der Waals surface area contributed by atoms with Gasteiger partial charge in [0, 0.05) is 0 Å². The molecule has 0 unspecified atom stereocenters. The molecule has 1 rings (SSSR count). The summed E-state index contributed by atoms with van der Waals surface area (Å²) in [7, 11) is 0. The monoisotopic (exact) mass is 1350 g/mol. The third-order valence-corrected chi connectivity index (χ3v) is 1.79. The van der Waals surface area contributed by atoms with E-state index in [4.69, 9.17) is 192 Å². The van der Waals surface area contributed by atoms with E-state index in [1.54, 1.807) is 6.07 Å². The van der Waals surface area contributed by atoms with E-state index in [2.05, 4.69) is 6.92 Å². The third kappa shape index (κ3) is 614000. The van der Waals surface area contributed by atoms with Crippen molar-refractivity contribution in [1.82, 2.24) is 0 Å². The quantitative estimate of drug-likeness (QED) is 0.297. The van der Waals surface area contributed by atoms with Gasteiger partial charge >= 0.3 is 0 Å². The van der Waals surface area contributed by atoms with Crippen LogP contribution in [0.1, 0.15) is 25.3 Å². The maximum atomic E-state index is 9.34. The van der Waals surface area contributed by atoms with Crippen molar-refractivity contribution < 1.29 is 197 Å². The summed E-state index contributed by atoms with van der Waals surface area (Å²) in [6, 6.07) is 7.53. The summed E-state index contributed by atoms with van der Waals surface area (Å²) in [5.74, 6) is 0.431. The minimum Gasteiger partial charge on any atom is -0.508 e. The number of carbonyl (C=O) groups is 40. The molecule has 0 aliphatic carbocycles. The number of rotatable bonds is 3. The van der Waals surface area contributed by atoms with Gasteiger partial charge in [-0.05, 0) is 24.5 Å². The van der Waals surface area contributed by atoms with E-state index < -0.39 is 0 Å². The van der Waals surface area contributed by atoms with Gasteiger partial charge in [0.1, 0.15) is 277 Å². The number of unbranched alkanes of at least 4 members (excludes halogenated alkanes) is 1. The average molecular weight is 1350 g/mol. The summed E-state index contributed by atoms with van der Waals surface area (Å²) in [5, 5.41) is 9.34. The molecule has 0 fully saturated rings. The van der Waals surface area contributed by atoms with Crippen LogP contribution in [0.5, 0.6) is 5.75 Å². The summed E-state index contributed by atoms with van der Waals surface area (Å²) >= 11 is 0. The van der Waals surface area contributed by atoms with Crippen molar-refractivity contribution in [1.29, 1.82) is 0 Å². The molecule has 1 aromatic rings. The van der Waals surface area contributed by atoms with Crippen LogP contribution in [-0.2, 0) is 198 Å². The van der Waals surface area contributed by atoms with Gasteiger partial charge in [0.25, 0.3) is 0 Å². The van der Waals surface area contributed by atoms with Crippen molar-refractivity contribution in [3.8, 4) is 5.75 Å². The Kier molecular flexibility index (Phi) is 1090000. The van der Waals surface area contributed by atoms with Crippen LogP contribution in [0.2, 0.25) is 0 Å². The van der Waals surface area contributed by atoms with Gasteiger partial charge in [0.05, 0.1) is 0 Å². The van der Waals surface area contributed by atoms with Gasteiger partial charge in [-0.2, -0.15) is 0 Å². The van der Waals surface area contributed by atoms with Crippen molar-refractivity contribution in [2.75, 3.05) is 0 Å². The molecule has 0 atom stereocenters. The fourth-order valence-electron chi connectivity index (χ4n) is 1.09. The number of phenols is 1. The highest BCUT2D eigenvalue weighted by atomic mass is 16.3. The van der Waals surface area contributed by atoms with Crippen LogP contribution in [0.3, 0.4) is 0 Å². The van der Waals surface area contributed by atoms with Crippen LogP contribution in [0.15, 0.2) is 24.3 Å². The molecule has 540 valence electrons. The molecule has 0 amide bonds. The second-order valence-corrected chi connectivity index (χ2v) is 2.73. The van der Waals surface area contributed by atoms with Crippen LogP contribution in [0, 0.1) is 0 Å². The van der Waals surface area contributed by atoms with Crippen molar-refractivity contribution in [3.05, 3.63) is 29.8 Å². The largest absolute Gasteiger partial charge is 0.508 e. The molecule has 41 nitrogen and oxygen atoms in total. The van der Waals surface area contributed by atoms with Crippen molar-refractivity contribution in [2.45, 2.75) is 26.2 Å². The molecular weight excluding hydrogens is 1260 g/mol. The van der Waals surface area contributed by atoms with Gasteiger partial charge in [-0.1, -0.05) is 31.5 Å². The Morgan fingerprint density at radius 2 is 0.275 bits per heavy atom. The second kappa shape index (κ2) is 305000. The molecule has 0 aromatic heterocycles. The molecule has 0 aliphatic rings. The predicted octanol–water partition coefficient (Wildman–Crippen LogP) is -4.66. The molecule has 0 spiro atoms. The zero-order valence-corrected chi connectivity index (χ0v) is 51.5. The molecule has 0 radical (unpaired) electrons. The lowest BCUT2D eigenvalue weighted by Crippen LogP contribution is -1.83. The predicted molar refractivity (Wildman–Crippen MR) is 332 cm³/mol. The van der Waals surface area contributed by atoms with E-state index in [1.165, 1.54) is 6.42 Å². The number of carbonyl (C=O) groups excluding carboxylic acids is 40. The SMILES string of the molecule is C=O.C=O.C=O.C=O.C=O.C=O.C=O.C=O.C=O.C=O.C=O.C=O.C=O.C=O.C=O.C=O.C=O.C=O.C=O.C=O.C=O.C=O.C=O.C=O.C=O.C=O.C=O.C=O.C=O.C=O.C=O.C=O.C=O.C=O.C=O.C=O.C=O.C=O.C=O.C=O.CCCCc1ccccc1O. The Balaban J connectivity index is -0.00000000788. The van der Waals surface area contributed by atoms with Gasteiger partial charge in [-0.3, -0.25) is 0 Å². The Morgan fingerprint density at radius 1 is 0.187 bits per heavy atom. The smallest absolute Gasteiger partial charge is 0.118 e. The lowest BCUT2D eigenvalue weighted by Gasteiger charge is -2.01. The molecule has 41 heteroatoms.